The second-order valence-electron chi connectivity index (χ2n) is 4.42. The molecule has 0 aliphatic carbocycles. The van der Waals surface area contributed by atoms with Gasteiger partial charge in [0.15, 0.2) is 0 Å². The van der Waals surface area contributed by atoms with Gasteiger partial charge < -0.3 is 4.74 Å². The first kappa shape index (κ1) is 15.4. The summed E-state index contributed by atoms with van der Waals surface area (Å²) in [6.45, 7) is 0. The highest BCUT2D eigenvalue weighted by Crippen LogP contribution is 2.21. The summed E-state index contributed by atoms with van der Waals surface area (Å²) in [5.41, 5.74) is 3.45. The molecule has 0 aliphatic rings. The van der Waals surface area contributed by atoms with Crippen LogP contribution < -0.4 is 0 Å². The van der Waals surface area contributed by atoms with Gasteiger partial charge in [0, 0.05) is 5.33 Å². The maximum Gasteiger partial charge on any atom is 0.337 e. The summed E-state index contributed by atoms with van der Waals surface area (Å²) < 4.78 is 17.6. The lowest BCUT2D eigenvalue weighted by Crippen LogP contribution is -2.00. The Labute approximate surface area is 131 Å². The number of allylic oxidation sites excluding steroid dienone is 1. The summed E-state index contributed by atoms with van der Waals surface area (Å²) in [6, 6.07) is 13.5. The van der Waals surface area contributed by atoms with Crippen LogP contribution in [-0.2, 0) is 4.74 Å². The Morgan fingerprint density at radius 3 is 2.19 bits per heavy atom. The van der Waals surface area contributed by atoms with Gasteiger partial charge in [-0.15, -0.1) is 0 Å². The van der Waals surface area contributed by atoms with Crippen molar-refractivity contribution in [1.82, 2.24) is 0 Å². The van der Waals surface area contributed by atoms with Crippen molar-refractivity contribution in [2.45, 2.75) is 0 Å². The molecule has 0 N–H and O–H groups in total. The van der Waals surface area contributed by atoms with Gasteiger partial charge in [-0.1, -0.05) is 46.3 Å². The molecule has 0 aromatic heterocycles. The lowest BCUT2D eigenvalue weighted by Gasteiger charge is -2.05. The summed E-state index contributed by atoms with van der Waals surface area (Å²) in [5.74, 6) is -0.611. The zero-order valence-electron chi connectivity index (χ0n) is 11.5. The monoisotopic (exact) mass is 348 g/mol. The Morgan fingerprint density at radius 1 is 1.10 bits per heavy atom. The van der Waals surface area contributed by atoms with E-state index < -0.39 is 0 Å². The predicted octanol–water partition coefficient (Wildman–Crippen LogP) is 4.55. The average molecular weight is 349 g/mol. The normalized spacial score (nSPS) is 11.3. The molecule has 4 heteroatoms. The number of halogens is 2. The maximum atomic E-state index is 13.0. The van der Waals surface area contributed by atoms with E-state index in [1.54, 1.807) is 24.3 Å². The van der Waals surface area contributed by atoms with Crippen LogP contribution in [0.15, 0.2) is 48.5 Å². The quantitative estimate of drug-likeness (QED) is 0.460. The van der Waals surface area contributed by atoms with Crippen molar-refractivity contribution in [2.75, 3.05) is 12.4 Å². The molecule has 0 spiro atoms. The SMILES string of the molecule is COC(=O)c1ccc(C=C(CBr)c2ccc(F)cc2)cc1. The molecule has 0 aliphatic heterocycles. The fourth-order valence-corrected chi connectivity index (χ4v) is 2.38. The van der Waals surface area contributed by atoms with Gasteiger partial charge in [0.2, 0.25) is 0 Å². The Balaban J connectivity index is 2.27. The fourth-order valence-electron chi connectivity index (χ4n) is 1.90. The van der Waals surface area contributed by atoms with Crippen LogP contribution in [0.3, 0.4) is 0 Å². The minimum Gasteiger partial charge on any atom is -0.465 e. The number of hydrogen-bond acceptors (Lipinski definition) is 2. The maximum absolute atomic E-state index is 13.0. The van der Waals surface area contributed by atoms with E-state index in [4.69, 9.17) is 0 Å². The largest absolute Gasteiger partial charge is 0.465 e. The number of benzene rings is 2. The van der Waals surface area contributed by atoms with Crippen LogP contribution >= 0.6 is 15.9 Å². The Bertz CT molecular complexity index is 645. The molecular weight excluding hydrogens is 335 g/mol. The second kappa shape index (κ2) is 7.18. The van der Waals surface area contributed by atoms with Gasteiger partial charge in [-0.25, -0.2) is 9.18 Å². The molecule has 0 amide bonds. The van der Waals surface area contributed by atoms with Crippen LogP contribution in [0.4, 0.5) is 4.39 Å². The molecule has 2 aromatic rings. The van der Waals surface area contributed by atoms with Gasteiger partial charge in [-0.2, -0.15) is 0 Å². The molecule has 0 unspecified atom stereocenters. The molecule has 21 heavy (non-hydrogen) atoms. The van der Waals surface area contributed by atoms with Crippen molar-refractivity contribution in [3.8, 4) is 0 Å². The molecule has 108 valence electrons. The summed E-state index contributed by atoms with van der Waals surface area (Å²) >= 11 is 3.44. The fraction of sp³-hybridized carbons (Fsp3) is 0.118. The summed E-state index contributed by atoms with van der Waals surface area (Å²) in [6.07, 6.45) is 1.99. The van der Waals surface area contributed by atoms with Crippen molar-refractivity contribution in [3.05, 3.63) is 71.0 Å². The van der Waals surface area contributed by atoms with E-state index in [1.165, 1.54) is 19.2 Å². The number of rotatable bonds is 4. The van der Waals surface area contributed by atoms with E-state index in [2.05, 4.69) is 20.7 Å². The van der Waals surface area contributed by atoms with E-state index >= 15 is 0 Å². The third-order valence-corrected chi connectivity index (χ3v) is 3.64. The molecule has 0 bridgehead atoms. The highest BCUT2D eigenvalue weighted by atomic mass is 79.9. The van der Waals surface area contributed by atoms with E-state index in [1.807, 2.05) is 18.2 Å². The number of methoxy groups -OCH3 is 1. The Kier molecular flexibility index (Phi) is 5.28. The first-order valence-corrected chi connectivity index (χ1v) is 7.47. The van der Waals surface area contributed by atoms with Crippen molar-refractivity contribution < 1.29 is 13.9 Å². The van der Waals surface area contributed by atoms with Gasteiger partial charge in [-0.3, -0.25) is 0 Å². The number of ether oxygens (including phenoxy) is 1. The standard InChI is InChI=1S/C17H14BrFO2/c1-21-17(20)14-4-2-12(3-5-14)10-15(11-18)13-6-8-16(19)9-7-13/h2-10H,11H2,1H3. The molecule has 0 saturated carbocycles. The van der Waals surface area contributed by atoms with E-state index in [0.717, 1.165) is 16.7 Å². The Morgan fingerprint density at radius 2 is 1.67 bits per heavy atom. The molecular formula is C17H14BrFO2. The molecule has 0 fully saturated rings. The van der Waals surface area contributed by atoms with Gasteiger partial charge in [-0.05, 0) is 41.0 Å². The van der Waals surface area contributed by atoms with Crippen LogP contribution in [0.5, 0.6) is 0 Å². The molecule has 2 aromatic carbocycles. The molecule has 2 rings (SSSR count). The van der Waals surface area contributed by atoms with Crippen LogP contribution in [-0.4, -0.2) is 18.4 Å². The Hall–Kier alpha value is -1.94. The highest BCUT2D eigenvalue weighted by molar-refractivity contribution is 9.09. The first-order chi connectivity index (χ1) is 10.1. The third-order valence-electron chi connectivity index (χ3n) is 3.03. The number of alkyl halides is 1. The lowest BCUT2D eigenvalue weighted by atomic mass is 10.0. The van der Waals surface area contributed by atoms with E-state index in [9.17, 15) is 9.18 Å². The first-order valence-electron chi connectivity index (χ1n) is 6.35. The number of carbonyl (C=O) groups excluding carboxylic acids is 1. The van der Waals surface area contributed by atoms with Crippen LogP contribution in [0.1, 0.15) is 21.5 Å². The van der Waals surface area contributed by atoms with Gasteiger partial charge >= 0.3 is 5.97 Å². The topological polar surface area (TPSA) is 26.3 Å². The average Bonchev–Trinajstić information content (AvgIpc) is 2.53. The molecule has 0 radical (unpaired) electrons. The van der Waals surface area contributed by atoms with Crippen LogP contribution in [0, 0.1) is 5.82 Å². The van der Waals surface area contributed by atoms with Crippen LogP contribution in [0.2, 0.25) is 0 Å². The summed E-state index contributed by atoms with van der Waals surface area (Å²) in [5, 5.41) is 0.650. The zero-order valence-corrected chi connectivity index (χ0v) is 13.1. The number of carbonyl (C=O) groups is 1. The second-order valence-corrected chi connectivity index (χ2v) is 4.98. The van der Waals surface area contributed by atoms with E-state index in [-0.39, 0.29) is 11.8 Å². The summed E-state index contributed by atoms with van der Waals surface area (Å²) in [7, 11) is 1.35. The number of hydrogen-bond donors (Lipinski definition) is 0. The molecule has 2 nitrogen and oxygen atoms in total. The smallest absolute Gasteiger partial charge is 0.337 e. The lowest BCUT2D eigenvalue weighted by molar-refractivity contribution is 0.0600. The minimum absolute atomic E-state index is 0.255. The van der Waals surface area contributed by atoms with Gasteiger partial charge in [0.1, 0.15) is 5.82 Å². The highest BCUT2D eigenvalue weighted by Gasteiger charge is 2.05. The number of esters is 1. The predicted molar refractivity (Wildman–Crippen MR) is 85.8 cm³/mol. The minimum atomic E-state index is -0.357. The molecule has 0 atom stereocenters. The van der Waals surface area contributed by atoms with Crippen molar-refractivity contribution in [2.24, 2.45) is 0 Å². The van der Waals surface area contributed by atoms with Crippen molar-refractivity contribution in [3.63, 3.8) is 0 Å². The molecule has 0 saturated heterocycles. The van der Waals surface area contributed by atoms with Crippen LogP contribution in [0.25, 0.3) is 11.6 Å². The van der Waals surface area contributed by atoms with Gasteiger partial charge in [0.05, 0.1) is 12.7 Å². The zero-order chi connectivity index (χ0) is 15.2. The third kappa shape index (κ3) is 4.02. The summed E-state index contributed by atoms with van der Waals surface area (Å²) in [4.78, 5) is 11.4. The van der Waals surface area contributed by atoms with Crippen molar-refractivity contribution >= 4 is 33.5 Å². The van der Waals surface area contributed by atoms with E-state index in [0.29, 0.717) is 10.9 Å². The molecule has 0 heterocycles. The van der Waals surface area contributed by atoms with Gasteiger partial charge in [0.25, 0.3) is 0 Å². The van der Waals surface area contributed by atoms with Crippen molar-refractivity contribution in [1.29, 1.82) is 0 Å².